The molecular weight excluding hydrogens is 258 g/mol. The Balaban J connectivity index is 1.74. The number of fused-ring (bicyclic) bond motifs is 1. The van der Waals surface area contributed by atoms with E-state index >= 15 is 0 Å². The quantitative estimate of drug-likeness (QED) is 0.684. The maximum Gasteiger partial charge on any atom is 0.195 e. The van der Waals surface area contributed by atoms with E-state index in [9.17, 15) is 0 Å². The van der Waals surface area contributed by atoms with E-state index in [-0.39, 0.29) is 0 Å². The third kappa shape index (κ3) is 2.56. The molecule has 2 aromatic heterocycles. The minimum Gasteiger partial charge on any atom is -0.497 e. The Hall–Kier alpha value is -2.01. The number of methoxy groups -OCH3 is 1. The molecule has 0 atom stereocenters. The lowest BCUT2D eigenvalue weighted by molar-refractivity contribution is 0.414. The average molecular weight is 271 g/mol. The van der Waals surface area contributed by atoms with Crippen LogP contribution in [-0.2, 0) is 5.75 Å². The van der Waals surface area contributed by atoms with Gasteiger partial charge >= 0.3 is 0 Å². The smallest absolute Gasteiger partial charge is 0.195 e. The second-order valence-electron chi connectivity index (χ2n) is 4.05. The first-order valence-electron chi connectivity index (χ1n) is 5.92. The Morgan fingerprint density at radius 2 is 1.95 bits per heavy atom. The van der Waals surface area contributed by atoms with Crippen LogP contribution >= 0.6 is 11.8 Å². The Bertz CT molecular complexity index is 678. The van der Waals surface area contributed by atoms with Crippen LogP contribution in [-0.4, -0.2) is 21.7 Å². The number of hydrogen-bond acceptors (Lipinski definition) is 4. The van der Waals surface area contributed by atoms with Crippen LogP contribution in [0.3, 0.4) is 0 Å². The molecule has 4 nitrogen and oxygen atoms in total. The van der Waals surface area contributed by atoms with Crippen LogP contribution in [0.4, 0.5) is 0 Å². The Labute approximate surface area is 115 Å². The van der Waals surface area contributed by atoms with Gasteiger partial charge in [-0.15, -0.1) is 10.2 Å². The highest BCUT2D eigenvalue weighted by Gasteiger charge is 2.05. The van der Waals surface area contributed by atoms with E-state index in [0.29, 0.717) is 0 Å². The molecule has 19 heavy (non-hydrogen) atoms. The molecule has 0 saturated heterocycles. The highest BCUT2D eigenvalue weighted by molar-refractivity contribution is 7.98. The predicted molar refractivity (Wildman–Crippen MR) is 75.5 cm³/mol. The van der Waals surface area contributed by atoms with E-state index in [1.165, 1.54) is 5.56 Å². The first-order chi connectivity index (χ1) is 9.36. The fourth-order valence-corrected chi connectivity index (χ4v) is 2.67. The molecule has 0 fully saturated rings. The predicted octanol–water partition coefficient (Wildman–Crippen LogP) is 3.03. The molecule has 0 unspecified atom stereocenters. The lowest BCUT2D eigenvalue weighted by atomic mass is 10.2. The lowest BCUT2D eigenvalue weighted by Gasteiger charge is -2.02. The summed E-state index contributed by atoms with van der Waals surface area (Å²) < 4.78 is 7.14. The highest BCUT2D eigenvalue weighted by atomic mass is 32.2. The zero-order valence-corrected chi connectivity index (χ0v) is 11.3. The SMILES string of the molecule is COc1ccc(CSc2nnc3ccccn23)cc1. The van der Waals surface area contributed by atoms with Gasteiger partial charge in [0.25, 0.3) is 0 Å². The van der Waals surface area contributed by atoms with Crippen molar-refractivity contribution in [1.82, 2.24) is 14.6 Å². The van der Waals surface area contributed by atoms with E-state index in [2.05, 4.69) is 22.3 Å². The molecule has 0 spiro atoms. The second-order valence-corrected chi connectivity index (χ2v) is 4.99. The fraction of sp³-hybridized carbons (Fsp3) is 0.143. The van der Waals surface area contributed by atoms with Gasteiger partial charge in [-0.2, -0.15) is 0 Å². The molecule has 3 aromatic rings. The molecule has 96 valence electrons. The van der Waals surface area contributed by atoms with Gasteiger partial charge in [-0.1, -0.05) is 30.0 Å². The van der Waals surface area contributed by atoms with E-state index in [0.717, 1.165) is 22.3 Å². The van der Waals surface area contributed by atoms with Gasteiger partial charge in [-0.05, 0) is 29.8 Å². The van der Waals surface area contributed by atoms with Crippen molar-refractivity contribution < 1.29 is 4.74 Å². The molecule has 0 amide bonds. The maximum absolute atomic E-state index is 5.14. The molecule has 3 rings (SSSR count). The van der Waals surface area contributed by atoms with Gasteiger partial charge in [0.1, 0.15) is 5.75 Å². The summed E-state index contributed by atoms with van der Waals surface area (Å²) in [6.07, 6.45) is 1.98. The third-order valence-corrected chi connectivity index (χ3v) is 3.82. The summed E-state index contributed by atoms with van der Waals surface area (Å²) in [7, 11) is 1.67. The molecule has 0 N–H and O–H groups in total. The zero-order chi connectivity index (χ0) is 13.1. The molecule has 2 heterocycles. The summed E-state index contributed by atoms with van der Waals surface area (Å²) in [4.78, 5) is 0. The van der Waals surface area contributed by atoms with Crippen LogP contribution in [0.15, 0.2) is 53.8 Å². The van der Waals surface area contributed by atoms with E-state index < -0.39 is 0 Å². The van der Waals surface area contributed by atoms with Gasteiger partial charge in [0.2, 0.25) is 0 Å². The van der Waals surface area contributed by atoms with E-state index in [1.54, 1.807) is 18.9 Å². The maximum atomic E-state index is 5.14. The molecule has 0 bridgehead atoms. The van der Waals surface area contributed by atoms with Crippen molar-refractivity contribution >= 4 is 17.4 Å². The van der Waals surface area contributed by atoms with Gasteiger partial charge in [0, 0.05) is 11.9 Å². The van der Waals surface area contributed by atoms with Crippen molar-refractivity contribution in [2.75, 3.05) is 7.11 Å². The van der Waals surface area contributed by atoms with Gasteiger partial charge in [-0.3, -0.25) is 4.40 Å². The second kappa shape index (κ2) is 5.32. The molecule has 5 heteroatoms. The molecular formula is C14H13N3OS. The minimum atomic E-state index is 0.861. The minimum absolute atomic E-state index is 0.861. The van der Waals surface area contributed by atoms with Crippen LogP contribution in [0.25, 0.3) is 5.65 Å². The standard InChI is InChI=1S/C14H13N3OS/c1-18-12-7-5-11(6-8-12)10-19-14-16-15-13-4-2-3-9-17(13)14/h2-9H,10H2,1H3. The van der Waals surface area contributed by atoms with Crippen molar-refractivity contribution in [1.29, 1.82) is 0 Å². The Kier molecular flexibility index (Phi) is 3.37. The summed E-state index contributed by atoms with van der Waals surface area (Å²) in [5.41, 5.74) is 2.11. The molecule has 0 aliphatic heterocycles. The summed E-state index contributed by atoms with van der Waals surface area (Å²) >= 11 is 1.67. The molecule has 1 aromatic carbocycles. The van der Waals surface area contributed by atoms with Crippen LogP contribution in [0, 0.1) is 0 Å². The van der Waals surface area contributed by atoms with Crippen LogP contribution in [0.1, 0.15) is 5.56 Å². The number of nitrogens with zero attached hydrogens (tertiary/aromatic N) is 3. The highest BCUT2D eigenvalue weighted by Crippen LogP contribution is 2.22. The van der Waals surface area contributed by atoms with Gasteiger partial charge in [-0.25, -0.2) is 0 Å². The molecule has 0 aliphatic carbocycles. The fourth-order valence-electron chi connectivity index (χ4n) is 1.79. The van der Waals surface area contributed by atoms with Crippen molar-refractivity contribution in [2.24, 2.45) is 0 Å². The van der Waals surface area contributed by atoms with E-state index in [4.69, 9.17) is 4.74 Å². The number of pyridine rings is 1. The topological polar surface area (TPSA) is 39.4 Å². The summed E-state index contributed by atoms with van der Waals surface area (Å²) in [5, 5.41) is 9.23. The largest absolute Gasteiger partial charge is 0.497 e. The normalized spacial score (nSPS) is 10.8. The Morgan fingerprint density at radius 1 is 1.11 bits per heavy atom. The molecule has 0 aliphatic rings. The number of rotatable bonds is 4. The van der Waals surface area contributed by atoms with Gasteiger partial charge < -0.3 is 4.74 Å². The Morgan fingerprint density at radius 3 is 2.74 bits per heavy atom. The van der Waals surface area contributed by atoms with Gasteiger partial charge in [0.05, 0.1) is 7.11 Å². The third-order valence-electron chi connectivity index (χ3n) is 2.81. The lowest BCUT2D eigenvalue weighted by Crippen LogP contribution is -1.88. The summed E-state index contributed by atoms with van der Waals surface area (Å²) in [6.45, 7) is 0. The summed E-state index contributed by atoms with van der Waals surface area (Å²) in [6, 6.07) is 14.0. The first kappa shape index (κ1) is 12.0. The molecule has 0 radical (unpaired) electrons. The molecule has 0 saturated carbocycles. The van der Waals surface area contributed by atoms with Crippen molar-refractivity contribution in [3.63, 3.8) is 0 Å². The number of thioether (sulfide) groups is 1. The number of ether oxygens (including phenoxy) is 1. The first-order valence-corrected chi connectivity index (χ1v) is 6.91. The number of hydrogen-bond donors (Lipinski definition) is 0. The summed E-state index contributed by atoms with van der Waals surface area (Å²) in [5.74, 6) is 1.74. The zero-order valence-electron chi connectivity index (χ0n) is 10.5. The van der Waals surface area contributed by atoms with Crippen molar-refractivity contribution in [2.45, 2.75) is 10.9 Å². The van der Waals surface area contributed by atoms with Gasteiger partial charge in [0.15, 0.2) is 10.8 Å². The number of aromatic nitrogens is 3. The average Bonchev–Trinajstić information content (AvgIpc) is 2.89. The monoisotopic (exact) mass is 271 g/mol. The van der Waals surface area contributed by atoms with Crippen molar-refractivity contribution in [3.8, 4) is 5.75 Å². The van der Waals surface area contributed by atoms with Crippen LogP contribution < -0.4 is 4.74 Å². The number of benzene rings is 1. The van der Waals surface area contributed by atoms with Crippen molar-refractivity contribution in [3.05, 3.63) is 54.2 Å². The van der Waals surface area contributed by atoms with Crippen LogP contribution in [0.5, 0.6) is 5.75 Å². The van der Waals surface area contributed by atoms with E-state index in [1.807, 2.05) is 40.9 Å². The van der Waals surface area contributed by atoms with Crippen LogP contribution in [0.2, 0.25) is 0 Å².